The Labute approximate surface area is 151 Å². The molecule has 1 aliphatic heterocycles. The van der Waals surface area contributed by atoms with Crippen LogP contribution in [0.4, 0.5) is 5.69 Å². The molecule has 2 aromatic rings. The number of aliphatic imine (C=N–C) groups is 1. The zero-order valence-corrected chi connectivity index (χ0v) is 14.8. The van der Waals surface area contributed by atoms with Crippen LogP contribution >= 0.6 is 0 Å². The molecule has 2 heterocycles. The number of hydrogen-bond donors (Lipinski definition) is 1. The summed E-state index contributed by atoms with van der Waals surface area (Å²) >= 11 is 0. The van der Waals surface area contributed by atoms with Crippen LogP contribution in [-0.2, 0) is 0 Å². The number of rotatable bonds is 4. The third-order valence-corrected chi connectivity index (χ3v) is 4.23. The van der Waals surface area contributed by atoms with E-state index in [0.29, 0.717) is 55.1 Å². The summed E-state index contributed by atoms with van der Waals surface area (Å²) < 4.78 is 15.7. The van der Waals surface area contributed by atoms with E-state index in [1.807, 2.05) is 11.0 Å². The summed E-state index contributed by atoms with van der Waals surface area (Å²) in [7, 11) is 3.16. The lowest BCUT2D eigenvalue weighted by molar-refractivity contribution is 0.0659. The third-order valence-electron chi connectivity index (χ3n) is 4.23. The normalized spacial score (nSPS) is 15.1. The van der Waals surface area contributed by atoms with Crippen LogP contribution in [0.15, 0.2) is 46.0 Å². The first kappa shape index (κ1) is 17.7. The molecule has 1 aromatic carbocycles. The quantitative estimate of drug-likeness (QED) is 0.660. The summed E-state index contributed by atoms with van der Waals surface area (Å²) in [4.78, 5) is 20.4. The number of hydrogen-bond acceptors (Lipinski definition) is 5. The van der Waals surface area contributed by atoms with Gasteiger partial charge >= 0.3 is 0 Å². The Morgan fingerprint density at radius 1 is 1.08 bits per heavy atom. The molecule has 138 valence electrons. The molecule has 2 N–H and O–H groups in total. The standard InChI is InChI=1S/C18H22N4O4/c1-24-14-6-5-13(12-16(14)25-2)20-18(19)22-9-7-21(8-10-22)17(23)15-4-3-11-26-15/h3-6,11-12H,7-10H2,1-2H3,(H2,19,20). The number of furan rings is 1. The van der Waals surface area contributed by atoms with Crippen molar-refractivity contribution in [2.24, 2.45) is 10.7 Å². The van der Waals surface area contributed by atoms with Gasteiger partial charge in [-0.25, -0.2) is 4.99 Å². The van der Waals surface area contributed by atoms with Crippen molar-refractivity contribution in [3.05, 3.63) is 42.4 Å². The third kappa shape index (κ3) is 3.74. The molecule has 8 heteroatoms. The number of benzene rings is 1. The molecule has 1 fully saturated rings. The maximum absolute atomic E-state index is 12.3. The smallest absolute Gasteiger partial charge is 0.289 e. The van der Waals surface area contributed by atoms with Crippen molar-refractivity contribution in [1.29, 1.82) is 0 Å². The monoisotopic (exact) mass is 358 g/mol. The second-order valence-electron chi connectivity index (χ2n) is 5.77. The van der Waals surface area contributed by atoms with Crippen molar-refractivity contribution >= 4 is 17.6 Å². The van der Waals surface area contributed by atoms with E-state index >= 15 is 0 Å². The van der Waals surface area contributed by atoms with Gasteiger partial charge in [-0.15, -0.1) is 0 Å². The maximum atomic E-state index is 12.3. The summed E-state index contributed by atoms with van der Waals surface area (Å²) in [5.74, 6) is 1.88. The van der Waals surface area contributed by atoms with Crippen molar-refractivity contribution < 1.29 is 18.7 Å². The number of nitrogens with zero attached hydrogens (tertiary/aromatic N) is 3. The van der Waals surface area contributed by atoms with Gasteiger partial charge in [-0.05, 0) is 24.3 Å². The van der Waals surface area contributed by atoms with Gasteiger partial charge in [0.05, 0.1) is 26.2 Å². The summed E-state index contributed by atoms with van der Waals surface area (Å²) in [6.07, 6.45) is 1.50. The van der Waals surface area contributed by atoms with E-state index in [-0.39, 0.29) is 5.91 Å². The van der Waals surface area contributed by atoms with Crippen LogP contribution in [0.3, 0.4) is 0 Å². The predicted molar refractivity (Wildman–Crippen MR) is 97.0 cm³/mol. The molecule has 0 saturated carbocycles. The van der Waals surface area contributed by atoms with Gasteiger partial charge in [-0.2, -0.15) is 0 Å². The average molecular weight is 358 g/mol. The number of carbonyl (C=O) groups excluding carboxylic acids is 1. The molecule has 0 unspecified atom stereocenters. The fourth-order valence-corrected chi connectivity index (χ4v) is 2.79. The lowest BCUT2D eigenvalue weighted by Crippen LogP contribution is -2.52. The minimum Gasteiger partial charge on any atom is -0.493 e. The minimum absolute atomic E-state index is 0.106. The van der Waals surface area contributed by atoms with Crippen molar-refractivity contribution in [1.82, 2.24) is 9.80 Å². The van der Waals surface area contributed by atoms with Crippen LogP contribution < -0.4 is 15.2 Å². The molecule has 1 aromatic heterocycles. The highest BCUT2D eigenvalue weighted by Crippen LogP contribution is 2.31. The van der Waals surface area contributed by atoms with Gasteiger partial charge in [0.15, 0.2) is 23.2 Å². The minimum atomic E-state index is -0.106. The Kier molecular flexibility index (Phi) is 5.31. The van der Waals surface area contributed by atoms with E-state index in [0.717, 1.165) is 0 Å². The van der Waals surface area contributed by atoms with Crippen molar-refractivity contribution in [2.75, 3.05) is 40.4 Å². The molecular weight excluding hydrogens is 336 g/mol. The maximum Gasteiger partial charge on any atom is 0.289 e. The highest BCUT2D eigenvalue weighted by Gasteiger charge is 2.24. The Bertz CT molecular complexity index is 780. The number of piperazine rings is 1. The first-order valence-electron chi connectivity index (χ1n) is 8.26. The molecule has 26 heavy (non-hydrogen) atoms. The van der Waals surface area contributed by atoms with Crippen LogP contribution in [0.25, 0.3) is 0 Å². The number of ether oxygens (including phenoxy) is 2. The highest BCUT2D eigenvalue weighted by molar-refractivity contribution is 5.91. The Morgan fingerprint density at radius 3 is 2.38 bits per heavy atom. The van der Waals surface area contributed by atoms with Gasteiger partial charge in [0, 0.05) is 32.2 Å². The molecule has 0 atom stereocenters. The topological polar surface area (TPSA) is 93.5 Å². The second-order valence-corrected chi connectivity index (χ2v) is 5.77. The van der Waals surface area contributed by atoms with E-state index in [1.54, 1.807) is 43.4 Å². The largest absolute Gasteiger partial charge is 0.493 e. The fourth-order valence-electron chi connectivity index (χ4n) is 2.79. The second kappa shape index (κ2) is 7.81. The van der Waals surface area contributed by atoms with Gasteiger partial charge < -0.3 is 29.4 Å². The molecule has 3 rings (SSSR count). The molecular formula is C18H22N4O4. The molecule has 0 radical (unpaired) electrons. The van der Waals surface area contributed by atoms with E-state index in [9.17, 15) is 4.79 Å². The van der Waals surface area contributed by atoms with Gasteiger partial charge in [-0.3, -0.25) is 4.79 Å². The summed E-state index contributed by atoms with van der Waals surface area (Å²) in [5.41, 5.74) is 6.82. The number of nitrogens with two attached hydrogens (primary N) is 1. The first-order chi connectivity index (χ1) is 12.6. The molecule has 0 spiro atoms. The molecule has 1 aliphatic rings. The van der Waals surface area contributed by atoms with E-state index < -0.39 is 0 Å². The molecule has 1 amide bonds. The van der Waals surface area contributed by atoms with E-state index in [2.05, 4.69) is 4.99 Å². The lowest BCUT2D eigenvalue weighted by atomic mass is 10.2. The van der Waals surface area contributed by atoms with Gasteiger partial charge in [-0.1, -0.05) is 0 Å². The van der Waals surface area contributed by atoms with Crippen molar-refractivity contribution in [3.63, 3.8) is 0 Å². The fraction of sp³-hybridized carbons (Fsp3) is 0.333. The predicted octanol–water partition coefficient (Wildman–Crippen LogP) is 1.70. The summed E-state index contributed by atoms with van der Waals surface area (Å²) in [6.45, 7) is 2.33. The van der Waals surface area contributed by atoms with Gasteiger partial charge in [0.25, 0.3) is 5.91 Å². The molecule has 0 aliphatic carbocycles. The van der Waals surface area contributed by atoms with Crippen LogP contribution in [0, 0.1) is 0 Å². The Hall–Kier alpha value is -3.16. The highest BCUT2D eigenvalue weighted by atomic mass is 16.5. The van der Waals surface area contributed by atoms with Gasteiger partial charge in [0.1, 0.15) is 0 Å². The van der Waals surface area contributed by atoms with E-state index in [4.69, 9.17) is 19.6 Å². The SMILES string of the molecule is COc1ccc(N=C(N)N2CCN(C(=O)c3ccco3)CC2)cc1OC. The zero-order valence-electron chi connectivity index (χ0n) is 14.8. The lowest BCUT2D eigenvalue weighted by Gasteiger charge is -2.34. The number of amides is 1. The van der Waals surface area contributed by atoms with Crippen LogP contribution in [-0.4, -0.2) is 62.1 Å². The summed E-state index contributed by atoms with van der Waals surface area (Å²) in [5, 5.41) is 0. The molecule has 1 saturated heterocycles. The zero-order chi connectivity index (χ0) is 18.5. The Balaban J connectivity index is 1.64. The van der Waals surface area contributed by atoms with Gasteiger partial charge in [0.2, 0.25) is 0 Å². The number of guanidine groups is 1. The van der Waals surface area contributed by atoms with Crippen LogP contribution in [0.1, 0.15) is 10.6 Å². The average Bonchev–Trinajstić information content (AvgIpc) is 3.22. The number of methoxy groups -OCH3 is 2. The van der Waals surface area contributed by atoms with Crippen molar-refractivity contribution in [2.45, 2.75) is 0 Å². The first-order valence-corrected chi connectivity index (χ1v) is 8.26. The van der Waals surface area contributed by atoms with E-state index in [1.165, 1.54) is 6.26 Å². The van der Waals surface area contributed by atoms with Crippen molar-refractivity contribution in [3.8, 4) is 11.5 Å². The summed E-state index contributed by atoms with van der Waals surface area (Å²) in [6, 6.07) is 8.73. The molecule has 0 bridgehead atoms. The van der Waals surface area contributed by atoms with Crippen LogP contribution in [0.2, 0.25) is 0 Å². The van der Waals surface area contributed by atoms with Crippen LogP contribution in [0.5, 0.6) is 11.5 Å². The number of carbonyl (C=O) groups is 1. The molecule has 8 nitrogen and oxygen atoms in total. The Morgan fingerprint density at radius 2 is 1.77 bits per heavy atom.